The summed E-state index contributed by atoms with van der Waals surface area (Å²) in [5.74, 6) is -0.364. The maximum atomic E-state index is 12.3. The lowest BCUT2D eigenvalue weighted by atomic mass is 9.81. The molecule has 1 saturated heterocycles. The molecule has 5 nitrogen and oxygen atoms in total. The molecular weight excluding hydrogens is 280 g/mol. The molecule has 2 unspecified atom stereocenters. The molecule has 2 aliphatic carbocycles. The number of fused-ring (bicyclic) bond motifs is 1. The molecule has 2 atom stereocenters. The van der Waals surface area contributed by atoms with Crippen molar-refractivity contribution in [3.63, 3.8) is 0 Å². The molecule has 122 valence electrons. The van der Waals surface area contributed by atoms with Crippen LogP contribution in [-0.2, 0) is 14.4 Å². The van der Waals surface area contributed by atoms with Crippen LogP contribution in [0.3, 0.4) is 0 Å². The van der Waals surface area contributed by atoms with E-state index in [2.05, 4.69) is 12.2 Å². The van der Waals surface area contributed by atoms with Crippen LogP contribution in [0.25, 0.3) is 0 Å². The van der Waals surface area contributed by atoms with Gasteiger partial charge in [0.15, 0.2) is 0 Å². The Morgan fingerprint density at radius 3 is 2.18 bits per heavy atom. The molecule has 3 amide bonds. The molecule has 0 radical (unpaired) electrons. The van der Waals surface area contributed by atoms with Crippen molar-refractivity contribution in [2.75, 3.05) is 6.54 Å². The fourth-order valence-electron chi connectivity index (χ4n) is 4.34. The summed E-state index contributed by atoms with van der Waals surface area (Å²) in [5, 5.41) is 3.08. The van der Waals surface area contributed by atoms with Crippen molar-refractivity contribution >= 4 is 17.7 Å². The number of carbonyl (C=O) groups excluding carboxylic acids is 3. The van der Waals surface area contributed by atoms with Crippen LogP contribution in [0.5, 0.6) is 0 Å². The Morgan fingerprint density at radius 2 is 1.64 bits per heavy atom. The van der Waals surface area contributed by atoms with E-state index in [9.17, 15) is 14.4 Å². The van der Waals surface area contributed by atoms with Crippen LogP contribution in [0.15, 0.2) is 0 Å². The van der Waals surface area contributed by atoms with Crippen LogP contribution in [-0.4, -0.2) is 34.7 Å². The number of imide groups is 1. The van der Waals surface area contributed by atoms with Gasteiger partial charge in [-0.25, -0.2) is 0 Å². The van der Waals surface area contributed by atoms with Crippen molar-refractivity contribution in [2.24, 2.45) is 11.8 Å². The number of hydrogen-bond acceptors (Lipinski definition) is 3. The largest absolute Gasteiger partial charge is 0.351 e. The van der Waals surface area contributed by atoms with E-state index in [1.165, 1.54) is 4.90 Å². The molecule has 1 aliphatic heterocycles. The minimum Gasteiger partial charge on any atom is -0.351 e. The van der Waals surface area contributed by atoms with Gasteiger partial charge in [0, 0.05) is 18.5 Å². The number of likely N-dealkylation sites (tertiary alicyclic amines) is 1. The van der Waals surface area contributed by atoms with Gasteiger partial charge in [-0.05, 0) is 32.6 Å². The number of carbonyl (C=O) groups is 3. The highest BCUT2D eigenvalue weighted by molar-refractivity contribution is 6.05. The summed E-state index contributed by atoms with van der Waals surface area (Å²) < 4.78 is 0. The van der Waals surface area contributed by atoms with E-state index in [1.807, 2.05) is 0 Å². The molecule has 0 spiro atoms. The molecular formula is C17H26N2O3. The number of nitrogens with one attached hydrogen (secondary N) is 1. The lowest BCUT2D eigenvalue weighted by Gasteiger charge is -2.25. The van der Waals surface area contributed by atoms with Crippen molar-refractivity contribution in [1.29, 1.82) is 0 Å². The highest BCUT2D eigenvalue weighted by Crippen LogP contribution is 2.38. The normalized spacial score (nSPS) is 30.5. The van der Waals surface area contributed by atoms with E-state index in [0.29, 0.717) is 0 Å². The molecule has 1 N–H and O–H groups in total. The molecule has 5 heteroatoms. The Balaban J connectivity index is 1.53. The Bertz CT molecular complexity index is 458. The summed E-state index contributed by atoms with van der Waals surface area (Å²) >= 11 is 0. The van der Waals surface area contributed by atoms with Gasteiger partial charge < -0.3 is 5.32 Å². The van der Waals surface area contributed by atoms with Crippen molar-refractivity contribution in [1.82, 2.24) is 10.2 Å². The van der Waals surface area contributed by atoms with Crippen LogP contribution in [0, 0.1) is 11.8 Å². The first-order valence-corrected chi connectivity index (χ1v) is 8.66. The van der Waals surface area contributed by atoms with Crippen LogP contribution < -0.4 is 5.32 Å². The Hall–Kier alpha value is -1.39. The average molecular weight is 306 g/mol. The molecule has 3 aliphatic rings. The van der Waals surface area contributed by atoms with Crippen molar-refractivity contribution < 1.29 is 14.4 Å². The van der Waals surface area contributed by atoms with Gasteiger partial charge in [-0.2, -0.15) is 0 Å². The summed E-state index contributed by atoms with van der Waals surface area (Å²) in [7, 11) is 0. The fourth-order valence-corrected chi connectivity index (χ4v) is 4.34. The van der Waals surface area contributed by atoms with Crippen molar-refractivity contribution in [2.45, 2.75) is 70.3 Å². The summed E-state index contributed by atoms with van der Waals surface area (Å²) in [4.78, 5) is 38.2. The lowest BCUT2D eigenvalue weighted by molar-refractivity contribution is -0.140. The first kappa shape index (κ1) is 15.5. The zero-order chi connectivity index (χ0) is 15.7. The maximum Gasteiger partial charge on any atom is 0.233 e. The second kappa shape index (κ2) is 6.01. The highest BCUT2D eigenvalue weighted by Gasteiger charge is 2.47. The van der Waals surface area contributed by atoms with E-state index in [-0.39, 0.29) is 48.1 Å². The van der Waals surface area contributed by atoms with Gasteiger partial charge in [0.2, 0.25) is 17.7 Å². The third-order valence-corrected chi connectivity index (χ3v) is 5.64. The monoisotopic (exact) mass is 306 g/mol. The molecule has 2 saturated carbocycles. The van der Waals surface area contributed by atoms with Crippen LogP contribution in [0.1, 0.15) is 64.7 Å². The standard InChI is InChI=1S/C17H26N2O3/c1-17(9-4-5-10-17)18-14(20)8-11-19-15(21)12-6-2-3-7-13(12)16(19)22/h12-13H,2-11H2,1H3,(H,18,20). The van der Waals surface area contributed by atoms with E-state index < -0.39 is 0 Å². The van der Waals surface area contributed by atoms with Gasteiger partial charge in [0.25, 0.3) is 0 Å². The average Bonchev–Trinajstić information content (AvgIpc) is 3.02. The minimum atomic E-state index is -0.114. The van der Waals surface area contributed by atoms with Gasteiger partial charge in [-0.15, -0.1) is 0 Å². The molecule has 3 rings (SSSR count). The molecule has 0 aromatic heterocycles. The number of amides is 3. The zero-order valence-electron chi connectivity index (χ0n) is 13.4. The summed E-state index contributed by atoms with van der Waals surface area (Å²) in [6, 6.07) is 0. The van der Waals surface area contributed by atoms with Crippen molar-refractivity contribution in [3.05, 3.63) is 0 Å². The topological polar surface area (TPSA) is 66.5 Å². The maximum absolute atomic E-state index is 12.3. The first-order valence-electron chi connectivity index (χ1n) is 8.66. The summed E-state index contributed by atoms with van der Waals surface area (Å²) in [6.45, 7) is 2.32. The third kappa shape index (κ3) is 2.90. The fraction of sp³-hybridized carbons (Fsp3) is 0.824. The van der Waals surface area contributed by atoms with Crippen LogP contribution in [0.2, 0.25) is 0 Å². The first-order chi connectivity index (χ1) is 10.5. The van der Waals surface area contributed by atoms with E-state index >= 15 is 0 Å². The molecule has 22 heavy (non-hydrogen) atoms. The molecule has 1 heterocycles. The SMILES string of the molecule is CC1(NC(=O)CCN2C(=O)C3CCCCC3C2=O)CCCC1. The Labute approximate surface area is 131 Å². The molecule has 0 aromatic carbocycles. The Morgan fingerprint density at radius 1 is 1.09 bits per heavy atom. The second-order valence-electron chi connectivity index (χ2n) is 7.39. The molecule has 0 aromatic rings. The number of hydrogen-bond donors (Lipinski definition) is 1. The lowest BCUT2D eigenvalue weighted by Crippen LogP contribution is -2.45. The third-order valence-electron chi connectivity index (χ3n) is 5.64. The number of rotatable bonds is 4. The summed E-state index contributed by atoms with van der Waals surface area (Å²) in [5.41, 5.74) is -0.0932. The van der Waals surface area contributed by atoms with Gasteiger partial charge in [0.1, 0.15) is 0 Å². The van der Waals surface area contributed by atoms with E-state index in [1.54, 1.807) is 0 Å². The minimum absolute atomic E-state index is 0.0418. The highest BCUT2D eigenvalue weighted by atomic mass is 16.2. The van der Waals surface area contributed by atoms with Gasteiger partial charge in [-0.1, -0.05) is 25.7 Å². The van der Waals surface area contributed by atoms with Gasteiger partial charge >= 0.3 is 0 Å². The van der Waals surface area contributed by atoms with Crippen molar-refractivity contribution in [3.8, 4) is 0 Å². The van der Waals surface area contributed by atoms with Gasteiger partial charge in [-0.3, -0.25) is 19.3 Å². The predicted octanol–water partition coefficient (Wildman–Crippen LogP) is 2.00. The van der Waals surface area contributed by atoms with Crippen LogP contribution in [0.4, 0.5) is 0 Å². The van der Waals surface area contributed by atoms with Crippen LogP contribution >= 0.6 is 0 Å². The van der Waals surface area contributed by atoms with Gasteiger partial charge in [0.05, 0.1) is 11.8 Å². The Kier molecular flexibility index (Phi) is 4.24. The predicted molar refractivity (Wildman–Crippen MR) is 81.8 cm³/mol. The summed E-state index contributed by atoms with van der Waals surface area (Å²) in [6.07, 6.45) is 8.31. The second-order valence-corrected chi connectivity index (χ2v) is 7.39. The smallest absolute Gasteiger partial charge is 0.233 e. The quantitative estimate of drug-likeness (QED) is 0.808. The zero-order valence-corrected chi connectivity index (χ0v) is 13.4. The molecule has 0 bridgehead atoms. The number of nitrogens with zero attached hydrogens (tertiary/aromatic N) is 1. The molecule has 3 fully saturated rings. The van der Waals surface area contributed by atoms with E-state index in [0.717, 1.165) is 51.4 Å². The van der Waals surface area contributed by atoms with E-state index in [4.69, 9.17) is 0 Å².